The van der Waals surface area contributed by atoms with Crippen molar-refractivity contribution in [3.05, 3.63) is 65.2 Å². The largest absolute Gasteiger partial charge is 0.330 e. The van der Waals surface area contributed by atoms with Gasteiger partial charge in [-0.25, -0.2) is 4.39 Å². The number of rotatable bonds is 9. The van der Waals surface area contributed by atoms with E-state index in [-0.39, 0.29) is 11.2 Å². The fourth-order valence-corrected chi connectivity index (χ4v) is 3.23. The fraction of sp³-hybridized carbons (Fsp3) is 0.476. The van der Waals surface area contributed by atoms with Crippen LogP contribution in [0.4, 0.5) is 4.39 Å². The van der Waals surface area contributed by atoms with Crippen LogP contribution in [0.2, 0.25) is 0 Å². The summed E-state index contributed by atoms with van der Waals surface area (Å²) in [5, 5.41) is 3.62. The van der Waals surface area contributed by atoms with Gasteiger partial charge in [-0.05, 0) is 55.1 Å². The molecule has 0 fully saturated rings. The highest BCUT2D eigenvalue weighted by molar-refractivity contribution is 5.39. The normalized spacial score (nSPS) is 13.0. The Balaban J connectivity index is 2.20. The first-order valence-electron chi connectivity index (χ1n) is 9.13. The lowest BCUT2D eigenvalue weighted by Gasteiger charge is -2.28. The highest BCUT2D eigenvalue weighted by atomic mass is 19.1. The number of benzene rings is 1. The average molecular weight is 343 g/mol. The van der Waals surface area contributed by atoms with Gasteiger partial charge in [-0.1, -0.05) is 39.0 Å². The molecular weight excluding hydrogens is 313 g/mol. The molecule has 0 aliphatic carbocycles. The number of nitrogens with two attached hydrogens (primary N) is 1. The van der Waals surface area contributed by atoms with Gasteiger partial charge in [0.1, 0.15) is 5.82 Å². The zero-order valence-corrected chi connectivity index (χ0v) is 15.6. The summed E-state index contributed by atoms with van der Waals surface area (Å²) in [6.45, 7) is 7.96. The van der Waals surface area contributed by atoms with Crippen molar-refractivity contribution in [2.24, 2.45) is 5.73 Å². The van der Waals surface area contributed by atoms with Gasteiger partial charge < -0.3 is 11.1 Å². The van der Waals surface area contributed by atoms with Crippen molar-refractivity contribution >= 4 is 0 Å². The molecule has 4 heteroatoms. The molecule has 0 saturated heterocycles. The van der Waals surface area contributed by atoms with Gasteiger partial charge in [-0.3, -0.25) is 4.98 Å². The van der Waals surface area contributed by atoms with E-state index >= 15 is 0 Å². The lowest BCUT2D eigenvalue weighted by molar-refractivity contribution is 0.450. The third-order valence-electron chi connectivity index (χ3n) is 4.94. The van der Waals surface area contributed by atoms with Gasteiger partial charge in [0.2, 0.25) is 0 Å². The predicted molar refractivity (Wildman–Crippen MR) is 102 cm³/mol. The lowest BCUT2D eigenvalue weighted by atomic mass is 9.77. The van der Waals surface area contributed by atoms with Crippen molar-refractivity contribution < 1.29 is 4.39 Å². The standard InChI is InChI=1S/C21H30FN3/c1-4-18(7-5-13-23)25-15-20-19(8-6-14-24-20)21(2,3)16-9-11-17(22)12-10-16/h6,8-12,14,18,25H,4-5,7,13,15,23H2,1-3H3. The molecule has 3 N–H and O–H groups in total. The zero-order valence-electron chi connectivity index (χ0n) is 15.6. The average Bonchev–Trinajstić information content (AvgIpc) is 2.62. The van der Waals surface area contributed by atoms with E-state index < -0.39 is 0 Å². The van der Waals surface area contributed by atoms with E-state index in [0.29, 0.717) is 6.04 Å². The van der Waals surface area contributed by atoms with Crippen molar-refractivity contribution in [1.29, 1.82) is 0 Å². The smallest absolute Gasteiger partial charge is 0.123 e. The second-order valence-electron chi connectivity index (χ2n) is 7.05. The molecule has 0 bridgehead atoms. The van der Waals surface area contributed by atoms with Crippen molar-refractivity contribution in [3.8, 4) is 0 Å². The SMILES string of the molecule is CCC(CCCN)NCc1ncccc1C(C)(C)c1ccc(F)cc1. The Bertz CT molecular complexity index is 652. The number of hydrogen-bond acceptors (Lipinski definition) is 3. The van der Waals surface area contributed by atoms with Gasteiger partial charge >= 0.3 is 0 Å². The molecule has 0 saturated carbocycles. The van der Waals surface area contributed by atoms with E-state index in [9.17, 15) is 4.39 Å². The minimum absolute atomic E-state index is 0.210. The molecule has 0 radical (unpaired) electrons. The van der Waals surface area contributed by atoms with Crippen molar-refractivity contribution in [3.63, 3.8) is 0 Å². The molecule has 1 aromatic heterocycles. The molecule has 0 aliphatic heterocycles. The van der Waals surface area contributed by atoms with Crippen molar-refractivity contribution in [2.75, 3.05) is 6.54 Å². The Hall–Kier alpha value is -1.78. The van der Waals surface area contributed by atoms with Crippen LogP contribution < -0.4 is 11.1 Å². The van der Waals surface area contributed by atoms with E-state index in [2.05, 4.69) is 37.1 Å². The maximum atomic E-state index is 13.3. The molecule has 1 heterocycles. The van der Waals surface area contributed by atoms with E-state index in [1.54, 1.807) is 0 Å². The summed E-state index contributed by atoms with van der Waals surface area (Å²) < 4.78 is 13.3. The van der Waals surface area contributed by atoms with Crippen molar-refractivity contribution in [1.82, 2.24) is 10.3 Å². The molecule has 25 heavy (non-hydrogen) atoms. The van der Waals surface area contributed by atoms with Crippen LogP contribution in [0.1, 0.15) is 56.9 Å². The number of halogens is 1. The van der Waals surface area contributed by atoms with Gasteiger partial charge in [0, 0.05) is 24.2 Å². The third-order valence-corrected chi connectivity index (χ3v) is 4.94. The summed E-state index contributed by atoms with van der Waals surface area (Å²) >= 11 is 0. The number of pyridine rings is 1. The van der Waals surface area contributed by atoms with Crippen molar-refractivity contribution in [2.45, 2.75) is 58.0 Å². The van der Waals surface area contributed by atoms with Crippen LogP contribution in [0.5, 0.6) is 0 Å². The van der Waals surface area contributed by atoms with Gasteiger partial charge in [-0.15, -0.1) is 0 Å². The number of nitrogens with zero attached hydrogens (tertiary/aromatic N) is 1. The molecule has 2 rings (SSSR count). The second kappa shape index (κ2) is 9.07. The summed E-state index contributed by atoms with van der Waals surface area (Å²) in [6, 6.07) is 11.3. The number of hydrogen-bond donors (Lipinski definition) is 2. The summed E-state index contributed by atoms with van der Waals surface area (Å²) in [6.07, 6.45) is 5.02. The Kier molecular flexibility index (Phi) is 7.09. The molecule has 0 aliphatic rings. The Morgan fingerprint density at radius 2 is 1.92 bits per heavy atom. The van der Waals surface area contributed by atoms with Crippen LogP contribution >= 0.6 is 0 Å². The number of nitrogens with one attached hydrogen (secondary N) is 1. The Labute approximate surface area is 150 Å². The first-order chi connectivity index (χ1) is 12.0. The van der Waals surface area contributed by atoms with Crippen LogP contribution in [0.3, 0.4) is 0 Å². The maximum absolute atomic E-state index is 13.3. The predicted octanol–water partition coefficient (Wildman–Crippen LogP) is 4.15. The lowest BCUT2D eigenvalue weighted by Crippen LogP contribution is -2.31. The monoisotopic (exact) mass is 343 g/mol. The van der Waals surface area contributed by atoms with E-state index in [0.717, 1.165) is 43.6 Å². The molecule has 2 aromatic rings. The zero-order chi connectivity index (χ0) is 18.3. The minimum Gasteiger partial charge on any atom is -0.330 e. The Morgan fingerprint density at radius 3 is 2.56 bits per heavy atom. The quantitative estimate of drug-likeness (QED) is 0.719. The summed E-state index contributed by atoms with van der Waals surface area (Å²) in [5.41, 5.74) is 8.69. The van der Waals surface area contributed by atoms with E-state index in [4.69, 9.17) is 5.73 Å². The molecule has 1 atom stereocenters. The molecular formula is C21H30FN3. The van der Waals surface area contributed by atoms with Crippen LogP contribution in [0.25, 0.3) is 0 Å². The molecule has 0 spiro atoms. The highest BCUT2D eigenvalue weighted by Gasteiger charge is 2.26. The molecule has 136 valence electrons. The molecule has 1 aromatic carbocycles. The third kappa shape index (κ3) is 5.10. The summed E-state index contributed by atoms with van der Waals surface area (Å²) in [7, 11) is 0. The van der Waals surface area contributed by atoms with Gasteiger partial charge in [0.05, 0.1) is 5.69 Å². The van der Waals surface area contributed by atoms with Crippen LogP contribution in [-0.2, 0) is 12.0 Å². The van der Waals surface area contributed by atoms with Crippen LogP contribution in [0.15, 0.2) is 42.6 Å². The van der Waals surface area contributed by atoms with E-state index in [1.807, 2.05) is 24.4 Å². The highest BCUT2D eigenvalue weighted by Crippen LogP contribution is 2.33. The van der Waals surface area contributed by atoms with Gasteiger partial charge in [0.25, 0.3) is 0 Å². The topological polar surface area (TPSA) is 50.9 Å². The number of aromatic nitrogens is 1. The van der Waals surface area contributed by atoms with Crippen LogP contribution in [0, 0.1) is 5.82 Å². The van der Waals surface area contributed by atoms with Gasteiger partial charge in [0.15, 0.2) is 0 Å². The second-order valence-corrected chi connectivity index (χ2v) is 7.05. The maximum Gasteiger partial charge on any atom is 0.123 e. The first-order valence-corrected chi connectivity index (χ1v) is 9.13. The molecule has 3 nitrogen and oxygen atoms in total. The minimum atomic E-state index is -0.238. The molecule has 1 unspecified atom stereocenters. The fourth-order valence-electron chi connectivity index (χ4n) is 3.23. The summed E-state index contributed by atoms with van der Waals surface area (Å²) in [4.78, 5) is 4.61. The Morgan fingerprint density at radius 1 is 1.20 bits per heavy atom. The van der Waals surface area contributed by atoms with Crippen LogP contribution in [-0.4, -0.2) is 17.6 Å². The summed E-state index contributed by atoms with van der Waals surface area (Å²) in [5.74, 6) is -0.210. The first kappa shape index (κ1) is 19.5. The molecule has 0 amide bonds. The van der Waals surface area contributed by atoms with E-state index in [1.165, 1.54) is 17.7 Å². The van der Waals surface area contributed by atoms with Gasteiger partial charge in [-0.2, -0.15) is 0 Å².